The summed E-state index contributed by atoms with van der Waals surface area (Å²) in [5.74, 6) is -0.414. The first-order valence-electron chi connectivity index (χ1n) is 12.2. The smallest absolute Gasteiger partial charge is 0.274 e. The molecule has 1 saturated heterocycles. The number of hydrogen-bond acceptors (Lipinski definition) is 3. The lowest BCUT2D eigenvalue weighted by Crippen LogP contribution is -2.29. The lowest BCUT2D eigenvalue weighted by atomic mass is 9.85. The highest BCUT2D eigenvalue weighted by atomic mass is 16.2. The minimum absolute atomic E-state index is 0.0497. The number of rotatable bonds is 3. The molecular weight excluding hydrogens is 464 g/mol. The summed E-state index contributed by atoms with van der Waals surface area (Å²) in [4.78, 5) is 47.0. The van der Waals surface area contributed by atoms with E-state index in [1.165, 1.54) is 0 Å². The number of carbonyl (C=O) groups excluding carboxylic acids is 3. The SMILES string of the molecule is O=C(Nc1ccc2[nH]c(C(=O)N3CCC4C3=CC(=O)c3ccccc34)cc2c1)c1cc2ccccc2[nH]1. The molecule has 1 aliphatic carbocycles. The van der Waals surface area contributed by atoms with Gasteiger partial charge < -0.3 is 20.2 Å². The maximum absolute atomic E-state index is 13.5. The minimum Gasteiger partial charge on any atom is -0.351 e. The molecule has 2 aromatic heterocycles. The molecule has 0 bridgehead atoms. The highest BCUT2D eigenvalue weighted by molar-refractivity contribution is 6.09. The molecule has 7 rings (SSSR count). The molecular formula is C30H22N4O3. The van der Waals surface area contributed by atoms with Crippen LogP contribution in [0.25, 0.3) is 21.8 Å². The number of anilines is 1. The van der Waals surface area contributed by atoms with Gasteiger partial charge in [-0.15, -0.1) is 0 Å². The first kappa shape index (κ1) is 21.4. The molecule has 3 heterocycles. The Kier molecular flexibility index (Phi) is 4.66. The summed E-state index contributed by atoms with van der Waals surface area (Å²) in [5.41, 5.74) is 5.73. The predicted molar refractivity (Wildman–Crippen MR) is 142 cm³/mol. The van der Waals surface area contributed by atoms with Crippen LogP contribution in [0.2, 0.25) is 0 Å². The Morgan fingerprint density at radius 2 is 1.59 bits per heavy atom. The van der Waals surface area contributed by atoms with Gasteiger partial charge in [-0.05, 0) is 48.4 Å². The molecule has 1 fully saturated rings. The molecule has 180 valence electrons. The third kappa shape index (κ3) is 3.47. The number of aromatic amines is 2. The van der Waals surface area contributed by atoms with E-state index in [0.717, 1.165) is 45.1 Å². The maximum Gasteiger partial charge on any atom is 0.274 e. The van der Waals surface area contributed by atoms with Crippen LogP contribution in [0.5, 0.6) is 0 Å². The number of ketones is 1. The van der Waals surface area contributed by atoms with Gasteiger partial charge in [0.2, 0.25) is 0 Å². The van der Waals surface area contributed by atoms with E-state index in [4.69, 9.17) is 0 Å². The van der Waals surface area contributed by atoms with Crippen LogP contribution in [0.4, 0.5) is 5.69 Å². The molecule has 1 aliphatic heterocycles. The number of aromatic nitrogens is 2. The Hall–Kier alpha value is -4.91. The van der Waals surface area contributed by atoms with Crippen LogP contribution < -0.4 is 5.32 Å². The van der Waals surface area contributed by atoms with Gasteiger partial charge in [-0.3, -0.25) is 14.4 Å². The van der Waals surface area contributed by atoms with Crippen LogP contribution in [-0.4, -0.2) is 39.0 Å². The van der Waals surface area contributed by atoms with Gasteiger partial charge >= 0.3 is 0 Å². The summed E-state index contributed by atoms with van der Waals surface area (Å²) < 4.78 is 0. The number of H-pyrrole nitrogens is 2. The van der Waals surface area contributed by atoms with E-state index in [1.807, 2.05) is 66.7 Å². The number of allylic oxidation sites excluding steroid dienone is 2. The molecule has 0 radical (unpaired) electrons. The third-order valence-corrected chi connectivity index (χ3v) is 7.32. The van der Waals surface area contributed by atoms with Crippen LogP contribution in [0.15, 0.2) is 90.6 Å². The Morgan fingerprint density at radius 1 is 0.838 bits per heavy atom. The second kappa shape index (κ2) is 8.06. The van der Waals surface area contributed by atoms with E-state index < -0.39 is 0 Å². The molecule has 7 heteroatoms. The quantitative estimate of drug-likeness (QED) is 0.309. The van der Waals surface area contributed by atoms with Crippen molar-refractivity contribution in [1.29, 1.82) is 0 Å². The Bertz CT molecular complexity index is 1760. The van der Waals surface area contributed by atoms with Gasteiger partial charge in [0, 0.05) is 57.3 Å². The van der Waals surface area contributed by atoms with Gasteiger partial charge in [-0.1, -0.05) is 42.5 Å². The zero-order valence-electron chi connectivity index (χ0n) is 19.7. The molecule has 1 unspecified atom stereocenters. The highest BCUT2D eigenvalue weighted by Crippen LogP contribution is 2.42. The average molecular weight is 487 g/mol. The van der Waals surface area contributed by atoms with E-state index >= 15 is 0 Å². The second-order valence-corrected chi connectivity index (χ2v) is 9.53. The summed E-state index contributed by atoms with van der Waals surface area (Å²) >= 11 is 0. The van der Waals surface area contributed by atoms with Gasteiger partial charge in [0.25, 0.3) is 11.8 Å². The first-order valence-corrected chi connectivity index (χ1v) is 12.2. The number of amides is 2. The topological polar surface area (TPSA) is 98.1 Å². The molecule has 2 aliphatic rings. The van der Waals surface area contributed by atoms with Gasteiger partial charge in [0.1, 0.15) is 11.4 Å². The largest absolute Gasteiger partial charge is 0.351 e. The molecule has 37 heavy (non-hydrogen) atoms. The van der Waals surface area contributed by atoms with Crippen LogP contribution >= 0.6 is 0 Å². The zero-order valence-corrected chi connectivity index (χ0v) is 19.7. The van der Waals surface area contributed by atoms with E-state index in [9.17, 15) is 14.4 Å². The third-order valence-electron chi connectivity index (χ3n) is 7.32. The number of carbonyl (C=O) groups is 3. The van der Waals surface area contributed by atoms with Crippen LogP contribution in [0, 0.1) is 0 Å². The lowest BCUT2D eigenvalue weighted by molar-refractivity contribution is 0.0818. The molecule has 0 saturated carbocycles. The number of nitrogens with zero attached hydrogens (tertiary/aromatic N) is 1. The summed E-state index contributed by atoms with van der Waals surface area (Å²) in [6.07, 6.45) is 2.39. The molecule has 3 N–H and O–H groups in total. The van der Waals surface area contributed by atoms with Crippen molar-refractivity contribution in [1.82, 2.24) is 14.9 Å². The summed E-state index contributed by atoms with van der Waals surface area (Å²) in [6, 6.07) is 24.5. The number of nitrogens with one attached hydrogen (secondary N) is 3. The predicted octanol–water partition coefficient (Wildman–Crippen LogP) is 5.61. The van der Waals surface area contributed by atoms with E-state index in [1.54, 1.807) is 23.1 Å². The van der Waals surface area contributed by atoms with Crippen molar-refractivity contribution < 1.29 is 14.4 Å². The average Bonchev–Trinajstić information content (AvgIpc) is 3.64. The zero-order chi connectivity index (χ0) is 25.1. The molecule has 0 spiro atoms. The number of hydrogen-bond donors (Lipinski definition) is 3. The highest BCUT2D eigenvalue weighted by Gasteiger charge is 2.38. The van der Waals surface area contributed by atoms with Crippen LogP contribution in [-0.2, 0) is 0 Å². The molecule has 3 aromatic carbocycles. The Labute approximate surface area is 211 Å². The van der Waals surface area contributed by atoms with E-state index in [2.05, 4.69) is 15.3 Å². The monoisotopic (exact) mass is 486 g/mol. The first-order chi connectivity index (χ1) is 18.0. The number of benzene rings is 3. The summed E-state index contributed by atoms with van der Waals surface area (Å²) in [6.45, 7) is 0.554. The fourth-order valence-electron chi connectivity index (χ4n) is 5.54. The molecule has 7 nitrogen and oxygen atoms in total. The lowest BCUT2D eigenvalue weighted by Gasteiger charge is -2.24. The fraction of sp³-hybridized carbons (Fsp3) is 0.100. The van der Waals surface area contributed by atoms with Gasteiger partial charge in [0.15, 0.2) is 5.78 Å². The van der Waals surface area contributed by atoms with Gasteiger partial charge in [-0.2, -0.15) is 0 Å². The van der Waals surface area contributed by atoms with Crippen LogP contribution in [0.1, 0.15) is 49.2 Å². The minimum atomic E-state index is -0.236. The fourth-order valence-corrected chi connectivity index (χ4v) is 5.54. The van der Waals surface area contributed by atoms with Crippen molar-refractivity contribution in [2.45, 2.75) is 12.3 Å². The summed E-state index contributed by atoms with van der Waals surface area (Å²) in [5, 5.41) is 4.71. The van der Waals surface area contributed by atoms with Crippen molar-refractivity contribution in [2.24, 2.45) is 0 Å². The second-order valence-electron chi connectivity index (χ2n) is 9.53. The Morgan fingerprint density at radius 3 is 2.49 bits per heavy atom. The molecule has 1 atom stereocenters. The molecule has 5 aromatic rings. The number of likely N-dealkylation sites (tertiary alicyclic amines) is 1. The van der Waals surface area contributed by atoms with Crippen LogP contribution in [0.3, 0.4) is 0 Å². The van der Waals surface area contributed by atoms with Crippen molar-refractivity contribution in [2.75, 3.05) is 11.9 Å². The van der Waals surface area contributed by atoms with Gasteiger partial charge in [0.05, 0.1) is 0 Å². The molecule has 2 amide bonds. The van der Waals surface area contributed by atoms with Crippen molar-refractivity contribution in [3.05, 3.63) is 113 Å². The van der Waals surface area contributed by atoms with Gasteiger partial charge in [-0.25, -0.2) is 0 Å². The number of fused-ring (bicyclic) bond motifs is 5. The van der Waals surface area contributed by atoms with Crippen molar-refractivity contribution in [3.63, 3.8) is 0 Å². The van der Waals surface area contributed by atoms with Crippen molar-refractivity contribution >= 4 is 45.1 Å². The standard InChI is InChI=1S/C30H22N4O3/c35-28-16-27-21(20-6-2-3-7-22(20)28)11-12-34(27)30(37)26-15-18-13-19(9-10-24(18)33-26)31-29(36)25-14-17-5-1-4-8-23(17)32-25/h1-10,13-16,21,32-33H,11-12H2,(H,31,36). The summed E-state index contributed by atoms with van der Waals surface area (Å²) in [7, 11) is 0. The van der Waals surface area contributed by atoms with E-state index in [0.29, 0.717) is 23.6 Å². The Balaban J connectivity index is 1.14. The van der Waals surface area contributed by atoms with Crippen molar-refractivity contribution in [3.8, 4) is 0 Å². The number of para-hydroxylation sites is 1. The normalized spacial score (nSPS) is 16.5. The maximum atomic E-state index is 13.5. The van der Waals surface area contributed by atoms with E-state index in [-0.39, 0.29) is 23.5 Å².